The van der Waals surface area contributed by atoms with E-state index in [0.29, 0.717) is 23.9 Å². The van der Waals surface area contributed by atoms with Crippen molar-refractivity contribution in [1.29, 1.82) is 0 Å². The van der Waals surface area contributed by atoms with Gasteiger partial charge in [-0.1, -0.05) is 86.2 Å². The molecule has 2 heterocycles. The van der Waals surface area contributed by atoms with Crippen LogP contribution in [-0.2, 0) is 0 Å². The highest BCUT2D eigenvalue weighted by atomic mass is 15.3. The van der Waals surface area contributed by atoms with Crippen LogP contribution < -0.4 is 5.32 Å². The number of hydrogen-bond acceptors (Lipinski definition) is 4. The minimum atomic E-state index is -0.360. The van der Waals surface area contributed by atoms with E-state index in [1.54, 1.807) is 0 Å². The molecule has 4 heteroatoms. The molecule has 38 heavy (non-hydrogen) atoms. The van der Waals surface area contributed by atoms with E-state index in [1.165, 1.54) is 37.0 Å². The quantitative estimate of drug-likeness (QED) is 0.451. The summed E-state index contributed by atoms with van der Waals surface area (Å²) in [7, 11) is 0. The lowest BCUT2D eigenvalue weighted by molar-refractivity contribution is 0.208. The van der Waals surface area contributed by atoms with Crippen LogP contribution in [0, 0.1) is 23.7 Å². The maximum Gasteiger partial charge on any atom is 0.158 e. The summed E-state index contributed by atoms with van der Waals surface area (Å²) >= 11 is 0. The van der Waals surface area contributed by atoms with Gasteiger partial charge in [-0.15, -0.1) is 0 Å². The van der Waals surface area contributed by atoms with E-state index >= 15 is 0 Å². The Bertz CT molecular complexity index is 1280. The second-order valence-electron chi connectivity index (χ2n) is 12.3. The lowest BCUT2D eigenvalue weighted by Gasteiger charge is -2.41. The van der Waals surface area contributed by atoms with Crippen LogP contribution in [0.25, 0.3) is 0 Å². The Hall–Kier alpha value is -3.14. The molecule has 7 unspecified atom stereocenters. The van der Waals surface area contributed by atoms with Crippen molar-refractivity contribution in [3.05, 3.63) is 96.3 Å². The Morgan fingerprint density at radius 3 is 2.71 bits per heavy atom. The fourth-order valence-electron chi connectivity index (χ4n) is 8.05. The van der Waals surface area contributed by atoms with Crippen molar-refractivity contribution >= 4 is 11.7 Å². The molecule has 0 spiro atoms. The van der Waals surface area contributed by atoms with E-state index < -0.39 is 0 Å². The number of aliphatic imine (C=N–C) groups is 2. The lowest BCUT2D eigenvalue weighted by atomic mass is 9.77. The van der Waals surface area contributed by atoms with Gasteiger partial charge in [-0.3, -0.25) is 0 Å². The van der Waals surface area contributed by atoms with Gasteiger partial charge < -0.3 is 10.2 Å². The van der Waals surface area contributed by atoms with Gasteiger partial charge in [0.05, 0.1) is 6.04 Å². The second-order valence-corrected chi connectivity index (χ2v) is 12.3. The largest absolute Gasteiger partial charge is 0.361 e. The number of nitrogens with zero attached hydrogens (tertiary/aromatic N) is 3. The second kappa shape index (κ2) is 9.55. The monoisotopic (exact) mass is 504 g/mol. The molecule has 2 fully saturated rings. The first-order valence-electron chi connectivity index (χ1n) is 14.8. The van der Waals surface area contributed by atoms with Crippen LogP contribution >= 0.6 is 0 Å². The summed E-state index contributed by atoms with van der Waals surface area (Å²) < 4.78 is 0. The van der Waals surface area contributed by atoms with Crippen molar-refractivity contribution in [2.75, 3.05) is 0 Å². The molecule has 0 bridgehead atoms. The van der Waals surface area contributed by atoms with Crippen LogP contribution in [-0.4, -0.2) is 34.3 Å². The molecule has 1 N–H and O–H groups in total. The third-order valence-corrected chi connectivity index (χ3v) is 9.97. The number of rotatable bonds is 4. The molecule has 2 aliphatic heterocycles. The first-order valence-corrected chi connectivity index (χ1v) is 14.8. The number of likely N-dealkylation sites (tertiary alicyclic amines) is 1. The Labute approximate surface area is 227 Å². The third-order valence-electron chi connectivity index (χ3n) is 9.97. The number of allylic oxidation sites excluding steroid dienone is 5. The summed E-state index contributed by atoms with van der Waals surface area (Å²) in [6.07, 6.45) is 26.3. The Morgan fingerprint density at radius 1 is 1.00 bits per heavy atom. The van der Waals surface area contributed by atoms with Crippen LogP contribution in [0.15, 0.2) is 101 Å². The van der Waals surface area contributed by atoms with Gasteiger partial charge in [0, 0.05) is 35.1 Å². The van der Waals surface area contributed by atoms with Crippen LogP contribution in [0.5, 0.6) is 0 Å². The van der Waals surface area contributed by atoms with E-state index in [4.69, 9.17) is 9.98 Å². The molecule has 1 aromatic carbocycles. The third kappa shape index (κ3) is 4.04. The number of hydrogen-bond donors (Lipinski definition) is 1. The maximum absolute atomic E-state index is 5.27. The molecule has 0 amide bonds. The molecule has 7 rings (SSSR count). The van der Waals surface area contributed by atoms with Crippen LogP contribution in [0.1, 0.15) is 63.9 Å². The van der Waals surface area contributed by atoms with Crippen LogP contribution in [0.3, 0.4) is 0 Å². The zero-order chi connectivity index (χ0) is 25.7. The highest BCUT2D eigenvalue weighted by Gasteiger charge is 2.51. The molecule has 1 saturated carbocycles. The molecule has 6 aliphatic rings. The van der Waals surface area contributed by atoms with E-state index in [-0.39, 0.29) is 11.6 Å². The molecule has 1 saturated heterocycles. The average molecular weight is 505 g/mol. The average Bonchev–Trinajstić information content (AvgIpc) is 3.51. The van der Waals surface area contributed by atoms with Crippen LogP contribution in [0.2, 0.25) is 0 Å². The minimum absolute atomic E-state index is 0.220. The van der Waals surface area contributed by atoms with E-state index in [1.807, 2.05) is 0 Å². The number of amidine groups is 2. The maximum atomic E-state index is 5.27. The molecular weight excluding hydrogens is 464 g/mol. The predicted molar refractivity (Wildman–Crippen MR) is 157 cm³/mol. The Morgan fingerprint density at radius 2 is 1.87 bits per heavy atom. The van der Waals surface area contributed by atoms with E-state index in [9.17, 15) is 0 Å². The molecule has 196 valence electrons. The summed E-state index contributed by atoms with van der Waals surface area (Å²) in [4.78, 5) is 13.2. The number of fused-ring (bicyclic) bond motifs is 3. The van der Waals surface area contributed by atoms with Gasteiger partial charge in [-0.2, -0.15) is 0 Å². The fraction of sp³-hybridized carbons (Fsp3) is 0.471. The highest BCUT2D eigenvalue weighted by molar-refractivity contribution is 6.09. The first kappa shape index (κ1) is 23.9. The zero-order valence-corrected chi connectivity index (χ0v) is 22.6. The highest BCUT2D eigenvalue weighted by Crippen LogP contribution is 2.51. The van der Waals surface area contributed by atoms with Gasteiger partial charge in [0.25, 0.3) is 0 Å². The van der Waals surface area contributed by atoms with Gasteiger partial charge in [0.15, 0.2) is 5.84 Å². The topological polar surface area (TPSA) is 40.0 Å². The summed E-state index contributed by atoms with van der Waals surface area (Å²) in [5, 5.41) is 3.89. The molecule has 4 aliphatic carbocycles. The minimum Gasteiger partial charge on any atom is -0.361 e. The number of benzene rings is 1. The van der Waals surface area contributed by atoms with Gasteiger partial charge in [-0.25, -0.2) is 9.98 Å². The predicted octanol–water partition coefficient (Wildman–Crippen LogP) is 6.95. The molecule has 0 radical (unpaired) electrons. The number of nitrogens with one attached hydrogen (secondary N) is 1. The molecule has 1 aromatic rings. The van der Waals surface area contributed by atoms with Gasteiger partial charge >= 0.3 is 0 Å². The first-order chi connectivity index (χ1) is 18.6. The molecular formula is C34H40N4. The summed E-state index contributed by atoms with van der Waals surface area (Å²) in [6, 6.07) is 11.6. The van der Waals surface area contributed by atoms with E-state index in [0.717, 1.165) is 48.8 Å². The van der Waals surface area contributed by atoms with Crippen LogP contribution in [0.4, 0.5) is 0 Å². The van der Waals surface area contributed by atoms with Crippen molar-refractivity contribution in [2.45, 2.75) is 76.0 Å². The summed E-state index contributed by atoms with van der Waals surface area (Å²) in [6.45, 7) is 6.74. The summed E-state index contributed by atoms with van der Waals surface area (Å²) in [5.74, 6) is 3.92. The Balaban J connectivity index is 1.24. The normalized spacial score (nSPS) is 37.8. The zero-order valence-electron chi connectivity index (χ0n) is 22.6. The molecule has 4 nitrogen and oxygen atoms in total. The van der Waals surface area contributed by atoms with Gasteiger partial charge in [0.2, 0.25) is 0 Å². The van der Waals surface area contributed by atoms with Gasteiger partial charge in [-0.05, 0) is 63.0 Å². The van der Waals surface area contributed by atoms with Crippen molar-refractivity contribution in [2.24, 2.45) is 33.7 Å². The molecule has 7 atom stereocenters. The van der Waals surface area contributed by atoms with Crippen molar-refractivity contribution < 1.29 is 0 Å². The smallest absolute Gasteiger partial charge is 0.158 e. The Kier molecular flexibility index (Phi) is 6.02. The van der Waals surface area contributed by atoms with Gasteiger partial charge in [0.1, 0.15) is 11.5 Å². The summed E-state index contributed by atoms with van der Waals surface area (Å²) in [5.41, 5.74) is 3.45. The van der Waals surface area contributed by atoms with Crippen molar-refractivity contribution in [3.63, 3.8) is 0 Å². The standard InChI is InChI=1S/C34H40N4/c1-23-20-21-30-31(23)28-18-9-10-19-29(28)38(30)27-17-11-14-25(22-27)33-35-32(24-12-5-3-6-13-24)36-34(2,37-33)26-15-7-4-8-16-26/h3-7,11-13,17,20-22,25-26,28-31H,1,8-10,14-16,18-19H2,2H3,(H,35,36,37). The molecule has 0 aromatic heterocycles. The van der Waals surface area contributed by atoms with Crippen molar-refractivity contribution in [3.8, 4) is 0 Å². The lowest BCUT2D eigenvalue weighted by Crippen LogP contribution is -2.55. The SMILES string of the molecule is C=C1C=CC2C1C1CCCCC1N2C1=CC(C2=NC(c3ccccc3)=NC(C)(C3CC=CCC3)N2)CC=C1. The van der Waals surface area contributed by atoms with Crippen molar-refractivity contribution in [1.82, 2.24) is 10.2 Å². The fourth-order valence-corrected chi connectivity index (χ4v) is 8.05. The van der Waals surface area contributed by atoms with E-state index in [2.05, 4.69) is 96.6 Å².